The van der Waals surface area contributed by atoms with Gasteiger partial charge >= 0.3 is 0 Å². The lowest BCUT2D eigenvalue weighted by Gasteiger charge is -2.38. The summed E-state index contributed by atoms with van der Waals surface area (Å²) in [4.78, 5) is 13.9. The summed E-state index contributed by atoms with van der Waals surface area (Å²) in [5.41, 5.74) is 0.793. The summed E-state index contributed by atoms with van der Waals surface area (Å²) in [6.45, 7) is 3.24. The van der Waals surface area contributed by atoms with E-state index in [1.165, 1.54) is 4.31 Å². The molecule has 22 heavy (non-hydrogen) atoms. The summed E-state index contributed by atoms with van der Waals surface area (Å²) in [5.74, 6) is 0.250. The van der Waals surface area contributed by atoms with E-state index in [-0.39, 0.29) is 17.6 Å². The highest BCUT2D eigenvalue weighted by molar-refractivity contribution is 7.88. The van der Waals surface area contributed by atoms with E-state index in [0.29, 0.717) is 26.2 Å². The van der Waals surface area contributed by atoms with Crippen molar-refractivity contribution in [1.29, 1.82) is 0 Å². The second-order valence-electron chi connectivity index (χ2n) is 5.82. The molecule has 1 aromatic rings. The Hall–Kier alpha value is -1.44. The van der Waals surface area contributed by atoms with Crippen molar-refractivity contribution in [3.63, 3.8) is 0 Å². The van der Waals surface area contributed by atoms with Gasteiger partial charge in [0, 0.05) is 39.3 Å². The van der Waals surface area contributed by atoms with Crippen molar-refractivity contribution in [2.75, 3.05) is 39.3 Å². The topological polar surface area (TPSA) is 69.7 Å². The van der Waals surface area contributed by atoms with E-state index < -0.39 is 10.0 Å². The van der Waals surface area contributed by atoms with Gasteiger partial charge in [0.15, 0.2) is 0 Å². The number of carbonyl (C=O) groups is 1. The van der Waals surface area contributed by atoms with Crippen molar-refractivity contribution in [3.05, 3.63) is 35.9 Å². The molecule has 1 N–H and O–H groups in total. The zero-order valence-corrected chi connectivity index (χ0v) is 13.3. The van der Waals surface area contributed by atoms with Gasteiger partial charge in [-0.05, 0) is 5.56 Å². The number of hydrogen-bond acceptors (Lipinski definition) is 4. The molecule has 0 unspecified atom stereocenters. The molecule has 1 amide bonds. The molecule has 0 bridgehead atoms. The molecule has 7 heteroatoms. The maximum atomic E-state index is 12.4. The Morgan fingerprint density at radius 2 is 1.73 bits per heavy atom. The predicted octanol–water partition coefficient (Wildman–Crippen LogP) is -0.120. The lowest BCUT2D eigenvalue weighted by Crippen LogP contribution is -2.57. The molecule has 0 atom stereocenters. The Kier molecular flexibility index (Phi) is 4.46. The predicted molar refractivity (Wildman–Crippen MR) is 83.6 cm³/mol. The van der Waals surface area contributed by atoms with Crippen LogP contribution in [0.1, 0.15) is 5.56 Å². The largest absolute Gasteiger partial charge is 0.340 e. The molecule has 0 aliphatic carbocycles. The molecular formula is C15H21N3O3S. The van der Waals surface area contributed by atoms with Crippen molar-refractivity contribution in [2.24, 2.45) is 5.92 Å². The Labute approximate surface area is 131 Å². The van der Waals surface area contributed by atoms with E-state index in [4.69, 9.17) is 0 Å². The number of sulfonamides is 1. The third kappa shape index (κ3) is 3.31. The highest BCUT2D eigenvalue weighted by Crippen LogP contribution is 2.16. The van der Waals surface area contributed by atoms with Gasteiger partial charge in [-0.15, -0.1) is 0 Å². The maximum absolute atomic E-state index is 12.4. The number of benzene rings is 1. The summed E-state index contributed by atoms with van der Waals surface area (Å²) in [5, 5.41) is 3.09. The van der Waals surface area contributed by atoms with Crippen LogP contribution in [0.5, 0.6) is 0 Å². The Bertz CT molecular complexity index is 621. The molecule has 0 spiro atoms. The molecule has 6 nitrogen and oxygen atoms in total. The molecule has 2 fully saturated rings. The lowest BCUT2D eigenvalue weighted by molar-refractivity contribution is -0.138. The smallest absolute Gasteiger partial charge is 0.228 e. The van der Waals surface area contributed by atoms with Gasteiger partial charge in [0.2, 0.25) is 15.9 Å². The molecule has 0 aromatic heterocycles. The molecule has 2 saturated heterocycles. The molecule has 2 aliphatic heterocycles. The van der Waals surface area contributed by atoms with Crippen molar-refractivity contribution >= 4 is 15.9 Å². The van der Waals surface area contributed by atoms with Gasteiger partial charge in [0.05, 0.1) is 11.7 Å². The Morgan fingerprint density at radius 1 is 1.09 bits per heavy atom. The Balaban J connectivity index is 1.57. The normalized spacial score (nSPS) is 20.6. The number of nitrogens with one attached hydrogen (secondary N) is 1. The minimum absolute atomic E-state index is 0.0222. The third-order valence-corrected chi connectivity index (χ3v) is 6.12. The van der Waals surface area contributed by atoms with Gasteiger partial charge in [0.25, 0.3) is 0 Å². The van der Waals surface area contributed by atoms with Crippen LogP contribution < -0.4 is 5.32 Å². The van der Waals surface area contributed by atoms with Crippen molar-refractivity contribution < 1.29 is 13.2 Å². The first kappa shape index (κ1) is 15.5. The summed E-state index contributed by atoms with van der Waals surface area (Å²) in [7, 11) is -3.31. The van der Waals surface area contributed by atoms with E-state index >= 15 is 0 Å². The minimum atomic E-state index is -3.31. The Morgan fingerprint density at radius 3 is 2.27 bits per heavy atom. The molecule has 2 heterocycles. The van der Waals surface area contributed by atoms with Gasteiger partial charge in [-0.1, -0.05) is 30.3 Å². The summed E-state index contributed by atoms with van der Waals surface area (Å²) < 4.78 is 26.4. The first-order valence-electron chi connectivity index (χ1n) is 7.57. The van der Waals surface area contributed by atoms with E-state index in [1.807, 2.05) is 30.3 Å². The van der Waals surface area contributed by atoms with Crippen LogP contribution in [0.25, 0.3) is 0 Å². The number of amides is 1. The summed E-state index contributed by atoms with van der Waals surface area (Å²) >= 11 is 0. The average molecular weight is 323 g/mol. The highest BCUT2D eigenvalue weighted by atomic mass is 32.2. The van der Waals surface area contributed by atoms with E-state index in [0.717, 1.165) is 18.7 Å². The van der Waals surface area contributed by atoms with Crippen molar-refractivity contribution in [2.45, 2.75) is 5.75 Å². The number of hydrogen-bond donors (Lipinski definition) is 1. The fraction of sp³-hybridized carbons (Fsp3) is 0.533. The fourth-order valence-electron chi connectivity index (χ4n) is 2.78. The first-order valence-corrected chi connectivity index (χ1v) is 9.18. The van der Waals surface area contributed by atoms with Gasteiger partial charge in [0.1, 0.15) is 0 Å². The van der Waals surface area contributed by atoms with Gasteiger partial charge in [-0.2, -0.15) is 4.31 Å². The lowest BCUT2D eigenvalue weighted by atomic mass is 10.0. The van der Waals surface area contributed by atoms with Crippen LogP contribution >= 0.6 is 0 Å². The standard InChI is InChI=1S/C15H21N3O3S/c19-15(14-10-16-11-14)17-6-8-18(9-7-17)22(20,21)12-13-4-2-1-3-5-13/h1-5,14,16H,6-12H2. The van der Waals surface area contributed by atoms with Crippen molar-refractivity contribution in [3.8, 4) is 0 Å². The zero-order valence-electron chi connectivity index (χ0n) is 12.4. The number of nitrogens with zero attached hydrogens (tertiary/aromatic N) is 2. The van der Waals surface area contributed by atoms with Crippen LogP contribution in [0.2, 0.25) is 0 Å². The third-order valence-electron chi connectivity index (χ3n) is 4.27. The second kappa shape index (κ2) is 6.36. The fourth-order valence-corrected chi connectivity index (χ4v) is 4.30. The molecule has 0 radical (unpaired) electrons. The van der Waals surface area contributed by atoms with Crippen molar-refractivity contribution in [1.82, 2.24) is 14.5 Å². The SMILES string of the molecule is O=C(C1CNC1)N1CCN(S(=O)(=O)Cc2ccccc2)CC1. The van der Waals surface area contributed by atoms with Crippen LogP contribution in [0.3, 0.4) is 0 Å². The first-order chi connectivity index (χ1) is 10.6. The quantitative estimate of drug-likeness (QED) is 0.839. The van der Waals surface area contributed by atoms with Crippen LogP contribution in [0, 0.1) is 5.92 Å². The number of rotatable bonds is 4. The maximum Gasteiger partial charge on any atom is 0.228 e. The molecular weight excluding hydrogens is 302 g/mol. The average Bonchev–Trinajstić information content (AvgIpc) is 2.46. The van der Waals surface area contributed by atoms with E-state index in [1.54, 1.807) is 4.90 Å². The summed E-state index contributed by atoms with van der Waals surface area (Å²) in [6, 6.07) is 9.19. The zero-order chi connectivity index (χ0) is 15.6. The van der Waals surface area contributed by atoms with E-state index in [9.17, 15) is 13.2 Å². The van der Waals surface area contributed by atoms with Crippen LogP contribution in [-0.2, 0) is 20.6 Å². The molecule has 2 aliphatic rings. The minimum Gasteiger partial charge on any atom is -0.340 e. The highest BCUT2D eigenvalue weighted by Gasteiger charge is 2.33. The molecule has 1 aromatic carbocycles. The van der Waals surface area contributed by atoms with E-state index in [2.05, 4.69) is 5.32 Å². The molecule has 0 saturated carbocycles. The molecule has 120 valence electrons. The van der Waals surface area contributed by atoms with Crippen LogP contribution in [0.4, 0.5) is 0 Å². The second-order valence-corrected chi connectivity index (χ2v) is 7.79. The molecule has 3 rings (SSSR count). The van der Waals surface area contributed by atoms with Crippen LogP contribution in [-0.4, -0.2) is 62.8 Å². The number of carbonyl (C=O) groups excluding carboxylic acids is 1. The summed E-state index contributed by atoms with van der Waals surface area (Å²) in [6.07, 6.45) is 0. The van der Waals surface area contributed by atoms with Gasteiger partial charge in [-0.25, -0.2) is 8.42 Å². The van der Waals surface area contributed by atoms with Crippen LogP contribution in [0.15, 0.2) is 30.3 Å². The van der Waals surface area contributed by atoms with Gasteiger partial charge < -0.3 is 10.2 Å². The van der Waals surface area contributed by atoms with Gasteiger partial charge in [-0.3, -0.25) is 4.79 Å². The number of piperazine rings is 1. The monoisotopic (exact) mass is 323 g/mol.